The zero-order valence-corrected chi connectivity index (χ0v) is 15.7. The molecule has 1 saturated heterocycles. The Morgan fingerprint density at radius 1 is 1.31 bits per heavy atom. The topological polar surface area (TPSA) is 54.6 Å². The molecule has 0 amide bonds. The van der Waals surface area contributed by atoms with E-state index in [2.05, 4.69) is 22.9 Å². The molecule has 0 saturated carbocycles. The molecule has 26 heavy (non-hydrogen) atoms. The maximum atomic E-state index is 12.9. The molecule has 1 aromatic heterocycles. The molecule has 2 aliphatic heterocycles. The maximum Gasteiger partial charge on any atom is 0.329 e. The Morgan fingerprint density at radius 2 is 2.19 bits per heavy atom. The molecular weight excluding hydrogens is 328 g/mol. The van der Waals surface area contributed by atoms with Crippen molar-refractivity contribution in [1.29, 1.82) is 0 Å². The molecule has 3 atom stereocenters. The van der Waals surface area contributed by atoms with Gasteiger partial charge in [0.1, 0.15) is 11.8 Å². The number of unbranched alkanes of at least 4 members (excludes halogenated alkanes) is 3. The van der Waals surface area contributed by atoms with Gasteiger partial charge in [0.2, 0.25) is 0 Å². The van der Waals surface area contributed by atoms with Gasteiger partial charge in [-0.2, -0.15) is 0 Å². The van der Waals surface area contributed by atoms with E-state index in [0.717, 1.165) is 49.3 Å². The quantitative estimate of drug-likeness (QED) is 0.598. The van der Waals surface area contributed by atoms with Gasteiger partial charge in [0.15, 0.2) is 0 Å². The molecule has 3 heterocycles. The third kappa shape index (κ3) is 2.98. The van der Waals surface area contributed by atoms with Gasteiger partial charge in [-0.25, -0.2) is 4.79 Å². The number of carbonyl (C=O) groups excluding carboxylic acids is 1. The zero-order valence-electron chi connectivity index (χ0n) is 15.7. The average molecular weight is 356 g/mol. The molecule has 4 rings (SSSR count). The first-order valence-electron chi connectivity index (χ1n) is 9.83. The van der Waals surface area contributed by atoms with Crippen molar-refractivity contribution in [3.8, 4) is 5.75 Å². The van der Waals surface area contributed by atoms with Crippen molar-refractivity contribution in [2.75, 3.05) is 26.8 Å². The van der Waals surface area contributed by atoms with Crippen LogP contribution in [0, 0.1) is 0 Å². The molecule has 1 aromatic carbocycles. The summed E-state index contributed by atoms with van der Waals surface area (Å²) in [5, 5.41) is 1.19. The summed E-state index contributed by atoms with van der Waals surface area (Å²) in [6.07, 6.45) is 5.55. The van der Waals surface area contributed by atoms with Crippen LogP contribution >= 0.6 is 0 Å². The minimum Gasteiger partial charge on any atom is -0.497 e. The lowest BCUT2D eigenvalue weighted by Crippen LogP contribution is -2.37. The van der Waals surface area contributed by atoms with Gasteiger partial charge >= 0.3 is 5.97 Å². The van der Waals surface area contributed by atoms with E-state index in [9.17, 15) is 4.79 Å². The summed E-state index contributed by atoms with van der Waals surface area (Å²) in [5.74, 6) is 1.23. The minimum atomic E-state index is -0.298. The van der Waals surface area contributed by atoms with Gasteiger partial charge in [0.25, 0.3) is 0 Å². The molecule has 0 spiro atoms. The Hall–Kier alpha value is -2.01. The lowest BCUT2D eigenvalue weighted by atomic mass is 9.90. The van der Waals surface area contributed by atoms with Crippen LogP contribution in [0.15, 0.2) is 18.2 Å². The monoisotopic (exact) mass is 356 g/mol. The molecule has 1 fully saturated rings. The summed E-state index contributed by atoms with van der Waals surface area (Å²) in [6.45, 7) is 4.60. The van der Waals surface area contributed by atoms with Crippen molar-refractivity contribution in [2.24, 2.45) is 0 Å². The number of fused-ring (bicyclic) bond motifs is 6. The molecule has 140 valence electrons. The van der Waals surface area contributed by atoms with E-state index in [1.165, 1.54) is 23.8 Å². The van der Waals surface area contributed by atoms with E-state index >= 15 is 0 Å². The molecular formula is C21H28N2O3. The summed E-state index contributed by atoms with van der Waals surface area (Å²) in [7, 11) is 1.69. The number of methoxy groups -OCH3 is 1. The summed E-state index contributed by atoms with van der Waals surface area (Å²) >= 11 is 0. The van der Waals surface area contributed by atoms with E-state index in [-0.39, 0.29) is 12.0 Å². The number of hydrogen-bond donors (Lipinski definition) is 1. The highest BCUT2D eigenvalue weighted by atomic mass is 16.5. The van der Waals surface area contributed by atoms with Crippen LogP contribution in [0.25, 0.3) is 10.9 Å². The fraction of sp³-hybridized carbons (Fsp3) is 0.571. The molecule has 3 unspecified atom stereocenters. The number of nitrogens with zero attached hydrogens (tertiary/aromatic N) is 1. The van der Waals surface area contributed by atoms with E-state index in [0.29, 0.717) is 12.5 Å². The first kappa shape index (κ1) is 17.4. The highest BCUT2D eigenvalue weighted by Crippen LogP contribution is 2.46. The van der Waals surface area contributed by atoms with Gasteiger partial charge in [-0.15, -0.1) is 0 Å². The van der Waals surface area contributed by atoms with Gasteiger partial charge in [0.05, 0.1) is 13.7 Å². The SMILES string of the molecule is CCCCCCOC(=O)C1c2[nH]c3ccc(OC)cc3c2C2CCN1C2. The number of rotatable bonds is 7. The van der Waals surface area contributed by atoms with Crippen molar-refractivity contribution in [3.63, 3.8) is 0 Å². The molecule has 2 aliphatic rings. The zero-order chi connectivity index (χ0) is 18.1. The lowest BCUT2D eigenvalue weighted by molar-refractivity contribution is -0.150. The number of hydrogen-bond acceptors (Lipinski definition) is 4. The molecule has 5 nitrogen and oxygen atoms in total. The van der Waals surface area contributed by atoms with Crippen molar-refractivity contribution in [2.45, 2.75) is 51.0 Å². The van der Waals surface area contributed by atoms with Crippen LogP contribution in [0.5, 0.6) is 5.75 Å². The van der Waals surface area contributed by atoms with E-state index < -0.39 is 0 Å². The second-order valence-corrected chi connectivity index (χ2v) is 7.48. The average Bonchev–Trinajstić information content (AvgIpc) is 3.23. The van der Waals surface area contributed by atoms with E-state index in [1.54, 1.807) is 7.11 Å². The highest BCUT2D eigenvalue weighted by molar-refractivity contribution is 5.90. The number of nitrogens with one attached hydrogen (secondary N) is 1. The third-order valence-corrected chi connectivity index (χ3v) is 5.81. The van der Waals surface area contributed by atoms with Crippen LogP contribution in [0.3, 0.4) is 0 Å². The molecule has 2 aromatic rings. The predicted octanol–water partition coefficient (Wildman–Crippen LogP) is 4.14. The van der Waals surface area contributed by atoms with Gasteiger partial charge in [-0.3, -0.25) is 4.90 Å². The number of aromatic nitrogens is 1. The maximum absolute atomic E-state index is 12.9. The highest BCUT2D eigenvalue weighted by Gasteiger charge is 2.44. The Morgan fingerprint density at radius 3 is 3.00 bits per heavy atom. The Labute approximate surface area is 154 Å². The molecule has 2 bridgehead atoms. The Kier molecular flexibility index (Phi) is 4.90. The van der Waals surface area contributed by atoms with Crippen molar-refractivity contribution in [3.05, 3.63) is 29.5 Å². The van der Waals surface area contributed by atoms with Crippen LogP contribution in [0.1, 0.15) is 62.2 Å². The second kappa shape index (κ2) is 7.31. The van der Waals surface area contributed by atoms with E-state index in [1.807, 2.05) is 12.1 Å². The molecule has 5 heteroatoms. The van der Waals surface area contributed by atoms with Gasteiger partial charge in [-0.05, 0) is 43.1 Å². The third-order valence-electron chi connectivity index (χ3n) is 5.81. The number of aromatic amines is 1. The summed E-state index contributed by atoms with van der Waals surface area (Å²) in [6, 6.07) is 5.80. The molecule has 0 radical (unpaired) electrons. The minimum absolute atomic E-state index is 0.110. The van der Waals surface area contributed by atoms with Gasteiger partial charge in [-0.1, -0.05) is 26.2 Å². The Bertz CT molecular complexity index is 798. The molecule has 0 aliphatic carbocycles. The van der Waals surface area contributed by atoms with Crippen LogP contribution in [0.4, 0.5) is 0 Å². The van der Waals surface area contributed by atoms with Crippen LogP contribution < -0.4 is 4.74 Å². The number of H-pyrrole nitrogens is 1. The first-order valence-corrected chi connectivity index (χ1v) is 9.83. The van der Waals surface area contributed by atoms with E-state index in [4.69, 9.17) is 9.47 Å². The van der Waals surface area contributed by atoms with Gasteiger partial charge in [0, 0.05) is 29.1 Å². The lowest BCUT2D eigenvalue weighted by Gasteiger charge is -2.30. The fourth-order valence-electron chi connectivity index (χ4n) is 4.48. The van der Waals surface area contributed by atoms with Crippen LogP contribution in [-0.2, 0) is 9.53 Å². The largest absolute Gasteiger partial charge is 0.497 e. The van der Waals surface area contributed by atoms with Crippen molar-refractivity contribution >= 4 is 16.9 Å². The smallest absolute Gasteiger partial charge is 0.329 e. The first-order chi connectivity index (χ1) is 12.7. The summed E-state index contributed by atoms with van der Waals surface area (Å²) in [4.78, 5) is 18.7. The Balaban J connectivity index is 1.60. The second-order valence-electron chi connectivity index (χ2n) is 7.48. The predicted molar refractivity (Wildman–Crippen MR) is 102 cm³/mol. The number of ether oxygens (including phenoxy) is 2. The van der Waals surface area contributed by atoms with Gasteiger partial charge < -0.3 is 14.5 Å². The number of benzene rings is 1. The summed E-state index contributed by atoms with van der Waals surface area (Å²) in [5.41, 5.74) is 3.39. The van der Waals surface area contributed by atoms with Crippen molar-refractivity contribution < 1.29 is 14.3 Å². The number of esters is 1. The van der Waals surface area contributed by atoms with Crippen LogP contribution in [-0.4, -0.2) is 42.7 Å². The number of carbonyl (C=O) groups is 1. The van der Waals surface area contributed by atoms with Crippen molar-refractivity contribution in [1.82, 2.24) is 9.88 Å². The fourth-order valence-corrected chi connectivity index (χ4v) is 4.48. The van der Waals surface area contributed by atoms with Crippen LogP contribution in [0.2, 0.25) is 0 Å². The normalized spacial score (nSPS) is 23.8. The summed E-state index contributed by atoms with van der Waals surface area (Å²) < 4.78 is 11.1. The molecule has 1 N–H and O–H groups in total. The standard InChI is InChI=1S/C21H28N2O3/c1-3-4-5-6-11-26-21(24)20-19-18(14-9-10-23(20)13-14)16-12-15(25-2)7-8-17(16)22-19/h7-8,12,14,20,22H,3-6,9-11,13H2,1-2H3.